The van der Waals surface area contributed by atoms with Crippen LogP contribution in [0.4, 0.5) is 11.4 Å². The number of nitrogens with two attached hydrogens (primary N) is 2. The minimum Gasteiger partial charge on any atom is -0.502 e. The molecule has 0 heterocycles. The Bertz CT molecular complexity index is 1520. The first-order chi connectivity index (χ1) is 22.7. The number of primary amides is 1. The molecule has 0 bridgehead atoms. The van der Waals surface area contributed by atoms with Crippen molar-refractivity contribution < 1.29 is 43.9 Å². The molecule has 0 radical (unpaired) electrons. The number of nitrogen functional groups attached to an aromatic ring is 1. The molecule has 0 aromatic heterocycles. The Labute approximate surface area is 278 Å². The van der Waals surface area contributed by atoms with E-state index in [9.17, 15) is 49.1 Å². The molecule has 0 aliphatic heterocycles. The van der Waals surface area contributed by atoms with Crippen molar-refractivity contribution in [3.8, 4) is 5.75 Å². The third-order valence-electron chi connectivity index (χ3n) is 6.78. The molecule has 11 N–H and O–H groups in total. The molecule has 4 atom stereocenters. The van der Waals surface area contributed by atoms with Gasteiger partial charge in [-0.05, 0) is 49.1 Å². The van der Waals surface area contributed by atoms with Gasteiger partial charge in [-0.25, -0.2) is 0 Å². The Morgan fingerprint density at radius 3 is 2.21 bits per heavy atom. The second-order valence-corrected chi connectivity index (χ2v) is 11.4. The van der Waals surface area contributed by atoms with Crippen molar-refractivity contribution in [2.24, 2.45) is 5.73 Å². The Balaban J connectivity index is 1.96. The molecule has 260 valence electrons. The van der Waals surface area contributed by atoms with Crippen molar-refractivity contribution in [2.45, 2.75) is 43.9 Å². The number of nitro groups is 1. The summed E-state index contributed by atoms with van der Waals surface area (Å²) in [6.45, 7) is -0.0873. The molecule has 2 aromatic rings. The highest BCUT2D eigenvalue weighted by molar-refractivity contribution is 7.98. The fraction of sp³-hybridized carbons (Fsp3) is 0.379. The van der Waals surface area contributed by atoms with Crippen LogP contribution in [0.5, 0.6) is 5.75 Å². The highest BCUT2D eigenvalue weighted by Crippen LogP contribution is 2.26. The Kier molecular flexibility index (Phi) is 15.1. The molecule has 0 unspecified atom stereocenters. The van der Waals surface area contributed by atoms with Crippen molar-refractivity contribution in [1.82, 2.24) is 26.6 Å². The molecule has 0 saturated carbocycles. The highest BCUT2D eigenvalue weighted by atomic mass is 32.2. The standard InChI is InChI=1S/C29H38N8O10S/c1-15(33-29(45)21(14-38)36-27(43)17-5-3-4-6-18(17)30)26(42)32-13-24(40)34-19(9-10-48-2)28(44)35-20(25(31)41)11-16-7-8-23(39)22(12-16)37(46)47/h3-8,12,15,19-21,38-39H,9-11,13-14,30H2,1-2H3,(H2,31,41)(H,32,42)(H,33,45)(H,34,40)(H,35,44)(H,36,43)/t15-,19-,20-,21-/m0/s1. The van der Waals surface area contributed by atoms with Crippen molar-refractivity contribution in [3.63, 3.8) is 0 Å². The Morgan fingerprint density at radius 2 is 1.60 bits per heavy atom. The number of para-hydroxylation sites is 1. The van der Waals surface area contributed by atoms with Gasteiger partial charge in [-0.3, -0.25) is 38.9 Å². The third kappa shape index (κ3) is 11.7. The molecule has 0 saturated heterocycles. The average molecular weight is 691 g/mol. The molecule has 48 heavy (non-hydrogen) atoms. The van der Waals surface area contributed by atoms with Crippen LogP contribution in [0.25, 0.3) is 0 Å². The van der Waals surface area contributed by atoms with Gasteiger partial charge < -0.3 is 48.3 Å². The number of aromatic hydroxyl groups is 1. The van der Waals surface area contributed by atoms with Crippen LogP contribution in [-0.2, 0) is 30.4 Å². The summed E-state index contributed by atoms with van der Waals surface area (Å²) < 4.78 is 0. The van der Waals surface area contributed by atoms with Crippen LogP contribution in [0.3, 0.4) is 0 Å². The highest BCUT2D eigenvalue weighted by Gasteiger charge is 2.28. The van der Waals surface area contributed by atoms with Gasteiger partial charge in [0.2, 0.25) is 29.5 Å². The summed E-state index contributed by atoms with van der Waals surface area (Å²) in [5.41, 5.74) is 11.1. The number of nitrogens with one attached hydrogen (secondary N) is 5. The molecule has 0 aliphatic carbocycles. The van der Waals surface area contributed by atoms with Gasteiger partial charge in [0.1, 0.15) is 24.2 Å². The number of carbonyl (C=O) groups excluding carboxylic acids is 6. The van der Waals surface area contributed by atoms with E-state index in [-0.39, 0.29) is 29.7 Å². The summed E-state index contributed by atoms with van der Waals surface area (Å²) in [6.07, 6.45) is 1.64. The molecular formula is C29H38N8O10S. The number of aliphatic hydroxyl groups is 1. The molecule has 2 aromatic carbocycles. The summed E-state index contributed by atoms with van der Waals surface area (Å²) in [5, 5.41) is 42.3. The van der Waals surface area contributed by atoms with Gasteiger partial charge >= 0.3 is 5.69 Å². The second-order valence-electron chi connectivity index (χ2n) is 10.4. The predicted molar refractivity (Wildman–Crippen MR) is 174 cm³/mol. The van der Waals surface area contributed by atoms with Gasteiger partial charge in [0.25, 0.3) is 5.91 Å². The molecule has 18 nitrogen and oxygen atoms in total. The summed E-state index contributed by atoms with van der Waals surface area (Å²) in [5.74, 6) is -5.09. The van der Waals surface area contributed by atoms with Crippen LogP contribution in [0.2, 0.25) is 0 Å². The normalized spacial score (nSPS) is 13.1. The van der Waals surface area contributed by atoms with Crippen LogP contribution < -0.4 is 38.1 Å². The number of rotatable bonds is 18. The number of phenolic OH excluding ortho intramolecular Hbond substituents is 1. The molecular weight excluding hydrogens is 652 g/mol. The fourth-order valence-electron chi connectivity index (χ4n) is 4.16. The maximum absolute atomic E-state index is 13.1. The first kappa shape index (κ1) is 38.8. The van der Waals surface area contributed by atoms with Gasteiger partial charge in [-0.15, -0.1) is 0 Å². The van der Waals surface area contributed by atoms with Crippen LogP contribution in [-0.4, -0.2) is 99.9 Å². The van der Waals surface area contributed by atoms with E-state index in [1.165, 1.54) is 36.9 Å². The summed E-state index contributed by atoms with van der Waals surface area (Å²) >= 11 is 1.37. The molecule has 0 fully saturated rings. The van der Waals surface area contributed by atoms with E-state index in [4.69, 9.17) is 11.5 Å². The molecule has 2 rings (SSSR count). The zero-order chi connectivity index (χ0) is 36.0. The lowest BCUT2D eigenvalue weighted by Gasteiger charge is -2.22. The SMILES string of the molecule is CSCC[C@H](NC(=O)CNC(=O)[C@H](C)NC(=O)[C@H](CO)NC(=O)c1ccccc1N)C(=O)N[C@@H](Cc1ccc(O)c([N+](=O)[O-])c1)C(N)=O. The lowest BCUT2D eigenvalue weighted by Crippen LogP contribution is -2.56. The number of anilines is 1. The molecule has 19 heteroatoms. The molecule has 0 aliphatic rings. The maximum atomic E-state index is 13.1. The lowest BCUT2D eigenvalue weighted by atomic mass is 10.0. The van der Waals surface area contributed by atoms with Crippen molar-refractivity contribution in [1.29, 1.82) is 0 Å². The number of benzene rings is 2. The van der Waals surface area contributed by atoms with Crippen LogP contribution >= 0.6 is 11.8 Å². The second kappa shape index (κ2) is 18.6. The fourth-order valence-corrected chi connectivity index (χ4v) is 4.63. The number of carbonyl (C=O) groups is 6. The number of hydrogen-bond donors (Lipinski definition) is 9. The average Bonchev–Trinajstić information content (AvgIpc) is 3.04. The summed E-state index contributed by atoms with van der Waals surface area (Å²) in [7, 11) is 0. The zero-order valence-corrected chi connectivity index (χ0v) is 26.9. The van der Waals surface area contributed by atoms with Crippen LogP contribution in [0, 0.1) is 10.1 Å². The minimum absolute atomic E-state index is 0.0823. The Morgan fingerprint density at radius 1 is 0.938 bits per heavy atom. The number of thioether (sulfide) groups is 1. The van der Waals surface area contributed by atoms with E-state index in [1.807, 2.05) is 0 Å². The van der Waals surface area contributed by atoms with E-state index in [0.717, 1.165) is 12.1 Å². The van der Waals surface area contributed by atoms with E-state index in [2.05, 4.69) is 26.6 Å². The summed E-state index contributed by atoms with van der Waals surface area (Å²) in [4.78, 5) is 85.9. The Hall–Kier alpha value is -5.43. The summed E-state index contributed by atoms with van der Waals surface area (Å²) in [6, 6.07) is 4.41. The predicted octanol–water partition coefficient (Wildman–Crippen LogP) is -1.96. The van der Waals surface area contributed by atoms with Crippen molar-refractivity contribution >= 4 is 58.6 Å². The first-order valence-electron chi connectivity index (χ1n) is 14.4. The minimum atomic E-state index is -1.42. The molecule has 0 spiro atoms. The number of nitro benzene ring substituents is 1. The van der Waals surface area contributed by atoms with E-state index < -0.39 is 89.1 Å². The topological polar surface area (TPSA) is 298 Å². The van der Waals surface area contributed by atoms with Crippen molar-refractivity contribution in [3.05, 3.63) is 63.7 Å². The lowest BCUT2D eigenvalue weighted by molar-refractivity contribution is -0.385. The number of phenols is 1. The first-order valence-corrected chi connectivity index (χ1v) is 15.8. The quantitative estimate of drug-likeness (QED) is 0.0468. The third-order valence-corrected chi connectivity index (χ3v) is 7.43. The number of nitrogens with zero attached hydrogens (tertiary/aromatic N) is 1. The van der Waals surface area contributed by atoms with Gasteiger partial charge in [0.15, 0.2) is 5.75 Å². The van der Waals surface area contributed by atoms with Crippen molar-refractivity contribution in [2.75, 3.05) is 30.9 Å². The van der Waals surface area contributed by atoms with Gasteiger partial charge in [-0.1, -0.05) is 18.2 Å². The van der Waals surface area contributed by atoms with Gasteiger partial charge in [-0.2, -0.15) is 11.8 Å². The number of amides is 6. The van der Waals surface area contributed by atoms with Gasteiger partial charge in [0, 0.05) is 18.2 Å². The smallest absolute Gasteiger partial charge is 0.310 e. The number of aliphatic hydroxyl groups excluding tert-OH is 1. The molecule has 6 amide bonds. The van der Waals surface area contributed by atoms with Gasteiger partial charge in [0.05, 0.1) is 23.6 Å². The number of hydrogen-bond acceptors (Lipinski definition) is 12. The maximum Gasteiger partial charge on any atom is 0.310 e. The van der Waals surface area contributed by atoms with Crippen LogP contribution in [0.1, 0.15) is 29.3 Å². The largest absolute Gasteiger partial charge is 0.502 e. The van der Waals surface area contributed by atoms with Crippen LogP contribution in [0.15, 0.2) is 42.5 Å². The van der Waals surface area contributed by atoms with E-state index >= 15 is 0 Å². The monoisotopic (exact) mass is 690 g/mol. The van der Waals surface area contributed by atoms with E-state index in [1.54, 1.807) is 18.4 Å². The van der Waals surface area contributed by atoms with E-state index in [0.29, 0.717) is 5.75 Å². The zero-order valence-electron chi connectivity index (χ0n) is 26.1.